The monoisotopic (exact) mass is 231 g/mol. The smallest absolute Gasteiger partial charge is 0.239 e. The van der Waals surface area contributed by atoms with Gasteiger partial charge in [-0.1, -0.05) is 12.1 Å². The maximum Gasteiger partial charge on any atom is 0.239 e. The van der Waals surface area contributed by atoms with Crippen molar-refractivity contribution in [3.05, 3.63) is 35.4 Å². The Labute approximate surface area is 102 Å². The Bertz CT molecular complexity index is 435. The van der Waals surface area contributed by atoms with Gasteiger partial charge in [-0.05, 0) is 31.5 Å². The molecule has 4 nitrogen and oxygen atoms in total. The summed E-state index contributed by atoms with van der Waals surface area (Å²) in [6.07, 6.45) is 0. The van der Waals surface area contributed by atoms with Crippen LogP contribution in [0.3, 0.4) is 0 Å². The summed E-state index contributed by atoms with van der Waals surface area (Å²) in [5, 5.41) is 8.80. The molecule has 0 saturated carbocycles. The predicted molar refractivity (Wildman–Crippen MR) is 65.9 cm³/mol. The number of benzene rings is 1. The number of likely N-dealkylation sites (N-methyl/N-ethyl adjacent to an activating group) is 1. The van der Waals surface area contributed by atoms with E-state index in [2.05, 4.69) is 6.07 Å². The van der Waals surface area contributed by atoms with Crippen molar-refractivity contribution >= 4 is 5.91 Å². The van der Waals surface area contributed by atoms with Crippen LogP contribution in [0.5, 0.6) is 0 Å². The molecular formula is C13H17N3O. The lowest BCUT2D eigenvalue weighted by Crippen LogP contribution is -2.41. The van der Waals surface area contributed by atoms with E-state index in [1.807, 2.05) is 19.1 Å². The lowest BCUT2D eigenvalue weighted by molar-refractivity contribution is -0.132. The van der Waals surface area contributed by atoms with Crippen molar-refractivity contribution in [1.29, 1.82) is 5.26 Å². The van der Waals surface area contributed by atoms with Gasteiger partial charge < -0.3 is 10.6 Å². The zero-order valence-electron chi connectivity index (χ0n) is 10.2. The van der Waals surface area contributed by atoms with Crippen molar-refractivity contribution in [3.8, 4) is 6.07 Å². The molecule has 0 spiro atoms. The van der Waals surface area contributed by atoms with Gasteiger partial charge in [-0.15, -0.1) is 0 Å². The number of rotatable bonds is 4. The predicted octanol–water partition coefficient (Wildman–Crippen LogP) is 1.25. The molecule has 0 saturated heterocycles. The lowest BCUT2D eigenvalue weighted by Gasteiger charge is -2.22. The number of hydrogen-bond acceptors (Lipinski definition) is 3. The molecule has 0 radical (unpaired) electrons. The van der Waals surface area contributed by atoms with E-state index in [1.54, 1.807) is 24.0 Å². The van der Waals surface area contributed by atoms with Crippen LogP contribution in [-0.4, -0.2) is 23.4 Å². The molecule has 1 aromatic rings. The van der Waals surface area contributed by atoms with E-state index in [-0.39, 0.29) is 5.91 Å². The summed E-state index contributed by atoms with van der Waals surface area (Å²) in [4.78, 5) is 13.5. The number of nitriles is 1. The lowest BCUT2D eigenvalue weighted by atomic mass is 10.1. The van der Waals surface area contributed by atoms with E-state index in [0.717, 1.165) is 5.56 Å². The van der Waals surface area contributed by atoms with E-state index in [1.165, 1.54) is 0 Å². The van der Waals surface area contributed by atoms with Gasteiger partial charge in [0.1, 0.15) is 0 Å². The first-order valence-corrected chi connectivity index (χ1v) is 5.62. The molecule has 90 valence electrons. The average molecular weight is 231 g/mol. The van der Waals surface area contributed by atoms with E-state index in [4.69, 9.17) is 11.0 Å². The van der Waals surface area contributed by atoms with Crippen molar-refractivity contribution in [3.63, 3.8) is 0 Å². The Morgan fingerprint density at radius 2 is 2.29 bits per heavy atom. The Morgan fingerprint density at radius 3 is 2.82 bits per heavy atom. The maximum absolute atomic E-state index is 11.8. The van der Waals surface area contributed by atoms with E-state index in [9.17, 15) is 4.79 Å². The van der Waals surface area contributed by atoms with Crippen molar-refractivity contribution in [2.24, 2.45) is 5.73 Å². The number of amides is 1. The number of carbonyl (C=O) groups is 1. The van der Waals surface area contributed by atoms with Crippen LogP contribution in [0.15, 0.2) is 24.3 Å². The molecule has 0 aliphatic carbocycles. The van der Waals surface area contributed by atoms with Crippen LogP contribution in [0.25, 0.3) is 0 Å². The first kappa shape index (κ1) is 13.2. The van der Waals surface area contributed by atoms with E-state index < -0.39 is 6.04 Å². The Balaban J connectivity index is 2.81. The highest BCUT2D eigenvalue weighted by Gasteiger charge is 2.15. The molecule has 0 bridgehead atoms. The summed E-state index contributed by atoms with van der Waals surface area (Å²) in [5.41, 5.74) is 7.13. The quantitative estimate of drug-likeness (QED) is 0.847. The fourth-order valence-electron chi connectivity index (χ4n) is 1.59. The molecule has 4 heteroatoms. The first-order chi connectivity index (χ1) is 8.08. The van der Waals surface area contributed by atoms with Gasteiger partial charge in [-0.2, -0.15) is 5.26 Å². The van der Waals surface area contributed by atoms with Crippen molar-refractivity contribution in [2.45, 2.75) is 26.4 Å². The second-order valence-electron chi connectivity index (χ2n) is 3.95. The number of carbonyl (C=O) groups excluding carboxylic acids is 1. The van der Waals surface area contributed by atoms with Crippen molar-refractivity contribution in [1.82, 2.24) is 4.90 Å². The molecule has 2 N–H and O–H groups in total. The van der Waals surface area contributed by atoms with Gasteiger partial charge in [0.05, 0.1) is 17.7 Å². The normalized spacial score (nSPS) is 11.6. The maximum atomic E-state index is 11.8. The molecule has 1 amide bonds. The second kappa shape index (κ2) is 6.02. The van der Waals surface area contributed by atoms with Crippen LogP contribution in [0.4, 0.5) is 0 Å². The zero-order valence-corrected chi connectivity index (χ0v) is 10.2. The Hall–Kier alpha value is -1.86. The van der Waals surface area contributed by atoms with Crippen LogP contribution in [0.1, 0.15) is 25.0 Å². The third-order valence-electron chi connectivity index (χ3n) is 2.51. The van der Waals surface area contributed by atoms with Gasteiger partial charge in [-0.3, -0.25) is 4.79 Å². The van der Waals surface area contributed by atoms with Gasteiger partial charge >= 0.3 is 0 Å². The summed E-state index contributed by atoms with van der Waals surface area (Å²) >= 11 is 0. The van der Waals surface area contributed by atoms with Crippen LogP contribution in [-0.2, 0) is 11.3 Å². The zero-order chi connectivity index (χ0) is 12.8. The summed E-state index contributed by atoms with van der Waals surface area (Å²) in [6, 6.07) is 8.84. The van der Waals surface area contributed by atoms with Gasteiger partial charge in [-0.25, -0.2) is 0 Å². The highest BCUT2D eigenvalue weighted by Crippen LogP contribution is 2.08. The van der Waals surface area contributed by atoms with Gasteiger partial charge in [0, 0.05) is 13.1 Å². The first-order valence-electron chi connectivity index (χ1n) is 5.62. The van der Waals surface area contributed by atoms with Crippen LogP contribution in [0, 0.1) is 11.3 Å². The van der Waals surface area contributed by atoms with Gasteiger partial charge in [0.25, 0.3) is 0 Å². The van der Waals surface area contributed by atoms with Crippen LogP contribution in [0.2, 0.25) is 0 Å². The molecular weight excluding hydrogens is 214 g/mol. The minimum Gasteiger partial charge on any atom is -0.337 e. The van der Waals surface area contributed by atoms with E-state index in [0.29, 0.717) is 18.7 Å². The number of nitrogens with two attached hydrogens (primary N) is 1. The molecule has 1 atom stereocenters. The number of nitrogens with zero attached hydrogens (tertiary/aromatic N) is 2. The molecule has 1 unspecified atom stereocenters. The minimum absolute atomic E-state index is 0.0742. The molecule has 1 rings (SSSR count). The van der Waals surface area contributed by atoms with Gasteiger partial charge in [0.15, 0.2) is 0 Å². The Morgan fingerprint density at radius 1 is 1.59 bits per heavy atom. The minimum atomic E-state index is -0.492. The Kier molecular flexibility index (Phi) is 4.68. The third-order valence-corrected chi connectivity index (χ3v) is 2.51. The third kappa shape index (κ3) is 3.58. The molecule has 0 aliphatic heterocycles. The van der Waals surface area contributed by atoms with E-state index >= 15 is 0 Å². The average Bonchev–Trinajstić information content (AvgIpc) is 2.35. The number of hydrogen-bond donors (Lipinski definition) is 1. The fraction of sp³-hybridized carbons (Fsp3) is 0.385. The largest absolute Gasteiger partial charge is 0.337 e. The standard InChI is InChI=1S/C13H17N3O/c1-3-16(13(17)10(2)15)9-12-6-4-5-11(7-12)8-14/h4-7,10H,3,9,15H2,1-2H3. The van der Waals surface area contributed by atoms with Gasteiger partial charge in [0.2, 0.25) is 5.91 Å². The molecule has 1 aromatic carbocycles. The van der Waals surface area contributed by atoms with Crippen molar-refractivity contribution < 1.29 is 4.79 Å². The highest BCUT2D eigenvalue weighted by molar-refractivity contribution is 5.81. The summed E-state index contributed by atoms with van der Waals surface area (Å²) in [7, 11) is 0. The fourth-order valence-corrected chi connectivity index (χ4v) is 1.59. The van der Waals surface area contributed by atoms with Crippen molar-refractivity contribution in [2.75, 3.05) is 6.54 Å². The highest BCUT2D eigenvalue weighted by atomic mass is 16.2. The summed E-state index contributed by atoms with van der Waals surface area (Å²) in [6.45, 7) is 4.69. The SMILES string of the molecule is CCN(Cc1cccc(C#N)c1)C(=O)C(C)N. The molecule has 0 fully saturated rings. The molecule has 0 aromatic heterocycles. The van der Waals surface area contributed by atoms with Crippen LogP contribution >= 0.6 is 0 Å². The summed E-state index contributed by atoms with van der Waals surface area (Å²) < 4.78 is 0. The van der Waals surface area contributed by atoms with Crippen LogP contribution < -0.4 is 5.73 Å². The molecule has 0 aliphatic rings. The second-order valence-corrected chi connectivity index (χ2v) is 3.95. The molecule has 17 heavy (non-hydrogen) atoms. The topological polar surface area (TPSA) is 70.1 Å². The summed E-state index contributed by atoms with van der Waals surface area (Å²) in [5.74, 6) is -0.0742. The molecule has 0 heterocycles.